The second-order valence-corrected chi connectivity index (χ2v) is 9.89. The molecule has 0 bridgehead atoms. The largest absolute Gasteiger partial charge is 0.493 e. The Morgan fingerprint density at radius 2 is 1.71 bits per heavy atom. The number of benzene rings is 2. The van der Waals surface area contributed by atoms with E-state index in [0.717, 1.165) is 19.3 Å². The lowest BCUT2D eigenvalue weighted by molar-refractivity contribution is -0.111. The van der Waals surface area contributed by atoms with Crippen molar-refractivity contribution in [1.29, 1.82) is 0 Å². The molecule has 1 fully saturated rings. The minimum Gasteiger partial charge on any atom is -0.493 e. The summed E-state index contributed by atoms with van der Waals surface area (Å²) in [6.07, 6.45) is 7.21. The third kappa shape index (κ3) is 6.06. The van der Waals surface area contributed by atoms with Gasteiger partial charge in [-0.25, -0.2) is 8.42 Å². The van der Waals surface area contributed by atoms with Crippen molar-refractivity contribution in [2.75, 3.05) is 25.5 Å². The number of para-hydroxylation sites is 2. The van der Waals surface area contributed by atoms with E-state index in [4.69, 9.17) is 9.47 Å². The Morgan fingerprint density at radius 1 is 0.971 bits per heavy atom. The summed E-state index contributed by atoms with van der Waals surface area (Å²) in [6, 6.07) is 16.9. The number of anilines is 1. The number of nitrogens with one attached hydrogen (secondary N) is 1. The molecule has 2 heterocycles. The predicted molar refractivity (Wildman–Crippen MR) is 134 cm³/mol. The van der Waals surface area contributed by atoms with E-state index >= 15 is 0 Å². The summed E-state index contributed by atoms with van der Waals surface area (Å²) in [7, 11) is -2.17. The number of methoxy groups -OCH3 is 1. The van der Waals surface area contributed by atoms with E-state index in [1.54, 1.807) is 48.7 Å². The number of nitrogens with zero attached hydrogens (tertiary/aromatic N) is 2. The normalized spacial score (nSPS) is 14.5. The van der Waals surface area contributed by atoms with Crippen LogP contribution in [0.1, 0.15) is 25.0 Å². The molecule has 0 aliphatic carbocycles. The molecule has 1 aromatic heterocycles. The van der Waals surface area contributed by atoms with E-state index < -0.39 is 15.9 Å². The van der Waals surface area contributed by atoms with Crippen molar-refractivity contribution < 1.29 is 22.7 Å². The molecule has 35 heavy (non-hydrogen) atoms. The van der Waals surface area contributed by atoms with Gasteiger partial charge in [-0.1, -0.05) is 24.6 Å². The van der Waals surface area contributed by atoms with Crippen LogP contribution in [0.3, 0.4) is 0 Å². The van der Waals surface area contributed by atoms with Crippen molar-refractivity contribution in [3.63, 3.8) is 0 Å². The SMILES string of the molecule is COc1ccccc1Oc1ccc(S(=O)(=O)N2CCCCC2)cc1NC(=O)/C=C/c1ccccn1. The molecule has 0 radical (unpaired) electrons. The molecule has 3 aromatic rings. The number of pyridine rings is 1. The minimum absolute atomic E-state index is 0.0933. The van der Waals surface area contributed by atoms with Gasteiger partial charge in [0, 0.05) is 25.4 Å². The zero-order valence-electron chi connectivity index (χ0n) is 19.4. The summed E-state index contributed by atoms with van der Waals surface area (Å²) in [6.45, 7) is 0.965. The molecule has 0 saturated carbocycles. The molecule has 1 aliphatic rings. The van der Waals surface area contributed by atoms with Gasteiger partial charge < -0.3 is 14.8 Å². The van der Waals surface area contributed by atoms with Gasteiger partial charge in [0.15, 0.2) is 17.2 Å². The lowest BCUT2D eigenvalue weighted by atomic mass is 10.2. The number of amides is 1. The van der Waals surface area contributed by atoms with E-state index in [-0.39, 0.29) is 16.3 Å². The number of sulfonamides is 1. The second-order valence-electron chi connectivity index (χ2n) is 7.95. The maximum atomic E-state index is 13.2. The summed E-state index contributed by atoms with van der Waals surface area (Å²) in [4.78, 5) is 17.0. The Morgan fingerprint density at radius 3 is 2.43 bits per heavy atom. The van der Waals surface area contributed by atoms with Crippen LogP contribution in [0, 0.1) is 0 Å². The quantitative estimate of drug-likeness (QED) is 0.457. The van der Waals surface area contributed by atoms with Gasteiger partial charge in [0.2, 0.25) is 15.9 Å². The van der Waals surface area contributed by atoms with Gasteiger partial charge in [0.05, 0.1) is 23.4 Å². The number of ether oxygens (including phenoxy) is 2. The van der Waals surface area contributed by atoms with E-state index in [0.29, 0.717) is 30.3 Å². The Kier molecular flexibility index (Phi) is 7.79. The topological polar surface area (TPSA) is 97.8 Å². The third-order valence-corrected chi connectivity index (χ3v) is 7.44. The highest BCUT2D eigenvalue weighted by Crippen LogP contribution is 2.37. The first-order valence-electron chi connectivity index (χ1n) is 11.3. The van der Waals surface area contributed by atoms with Crippen molar-refractivity contribution in [1.82, 2.24) is 9.29 Å². The van der Waals surface area contributed by atoms with Crippen LogP contribution in [-0.4, -0.2) is 43.8 Å². The van der Waals surface area contributed by atoms with Crippen LogP contribution in [0.2, 0.25) is 0 Å². The summed E-state index contributed by atoms with van der Waals surface area (Å²) in [5, 5.41) is 2.75. The molecule has 8 nitrogen and oxygen atoms in total. The average Bonchev–Trinajstić information content (AvgIpc) is 2.90. The lowest BCUT2D eigenvalue weighted by Gasteiger charge is -2.26. The maximum Gasteiger partial charge on any atom is 0.248 e. The van der Waals surface area contributed by atoms with Crippen molar-refractivity contribution >= 4 is 27.7 Å². The Balaban J connectivity index is 1.66. The van der Waals surface area contributed by atoms with Crippen molar-refractivity contribution in [3.8, 4) is 17.2 Å². The van der Waals surface area contributed by atoms with Gasteiger partial charge in [-0.15, -0.1) is 0 Å². The van der Waals surface area contributed by atoms with Crippen molar-refractivity contribution in [2.24, 2.45) is 0 Å². The lowest BCUT2D eigenvalue weighted by Crippen LogP contribution is -2.35. The predicted octanol–water partition coefficient (Wildman–Crippen LogP) is 4.71. The van der Waals surface area contributed by atoms with Crippen LogP contribution < -0.4 is 14.8 Å². The molecule has 1 amide bonds. The van der Waals surface area contributed by atoms with Crippen LogP contribution in [0.15, 0.2) is 77.8 Å². The van der Waals surface area contributed by atoms with Crippen molar-refractivity contribution in [3.05, 3.63) is 78.6 Å². The number of hydrogen-bond donors (Lipinski definition) is 1. The monoisotopic (exact) mass is 493 g/mol. The summed E-state index contributed by atoms with van der Waals surface area (Å²) < 4.78 is 39.3. The van der Waals surface area contributed by atoms with Crippen LogP contribution in [0.4, 0.5) is 5.69 Å². The van der Waals surface area contributed by atoms with Gasteiger partial charge in [-0.3, -0.25) is 9.78 Å². The summed E-state index contributed by atoms with van der Waals surface area (Å²) in [5.74, 6) is 0.769. The summed E-state index contributed by atoms with van der Waals surface area (Å²) >= 11 is 0. The fraction of sp³-hybridized carbons (Fsp3) is 0.231. The molecular formula is C26H27N3O5S. The van der Waals surface area contributed by atoms with Gasteiger partial charge >= 0.3 is 0 Å². The average molecular weight is 494 g/mol. The number of hydrogen-bond acceptors (Lipinski definition) is 6. The molecule has 1 saturated heterocycles. The molecule has 0 spiro atoms. The molecule has 9 heteroatoms. The molecule has 1 aliphatic heterocycles. The molecule has 2 aromatic carbocycles. The molecular weight excluding hydrogens is 466 g/mol. The van der Waals surface area contributed by atoms with E-state index in [9.17, 15) is 13.2 Å². The van der Waals surface area contributed by atoms with Crippen LogP contribution in [0.5, 0.6) is 17.2 Å². The molecule has 1 N–H and O–H groups in total. The standard InChI is InChI=1S/C26H27N3O5S/c1-33-24-10-3-4-11-25(24)34-23-14-13-21(35(31,32)29-17-7-2-8-18-29)19-22(23)28-26(30)15-12-20-9-5-6-16-27-20/h3-6,9-16,19H,2,7-8,17-18H2,1H3,(H,28,30)/b15-12+. The number of rotatable bonds is 8. The van der Waals surface area contributed by atoms with Crippen molar-refractivity contribution in [2.45, 2.75) is 24.2 Å². The van der Waals surface area contributed by atoms with Crippen LogP contribution in [0.25, 0.3) is 6.08 Å². The molecule has 182 valence electrons. The number of piperidine rings is 1. The second kappa shape index (κ2) is 11.2. The van der Waals surface area contributed by atoms with Gasteiger partial charge in [-0.05, 0) is 61.4 Å². The fourth-order valence-electron chi connectivity index (χ4n) is 3.74. The third-order valence-electron chi connectivity index (χ3n) is 5.54. The zero-order valence-corrected chi connectivity index (χ0v) is 20.2. The first kappa shape index (κ1) is 24.4. The highest BCUT2D eigenvalue weighted by Gasteiger charge is 2.27. The minimum atomic E-state index is -3.70. The van der Waals surface area contributed by atoms with Gasteiger partial charge in [0.1, 0.15) is 0 Å². The first-order chi connectivity index (χ1) is 17.0. The Bertz CT molecular complexity index is 1300. The maximum absolute atomic E-state index is 13.2. The van der Waals surface area contributed by atoms with Gasteiger partial charge in [-0.2, -0.15) is 4.31 Å². The van der Waals surface area contributed by atoms with E-state index in [2.05, 4.69) is 10.3 Å². The number of carbonyl (C=O) groups is 1. The molecule has 0 atom stereocenters. The Labute approximate surface area is 205 Å². The number of aromatic nitrogens is 1. The molecule has 4 rings (SSSR count). The smallest absolute Gasteiger partial charge is 0.248 e. The fourth-order valence-corrected chi connectivity index (χ4v) is 5.29. The van der Waals surface area contributed by atoms with E-state index in [1.165, 1.54) is 29.6 Å². The number of carbonyl (C=O) groups excluding carboxylic acids is 1. The van der Waals surface area contributed by atoms with Crippen LogP contribution in [-0.2, 0) is 14.8 Å². The highest BCUT2D eigenvalue weighted by atomic mass is 32.2. The van der Waals surface area contributed by atoms with E-state index in [1.807, 2.05) is 12.1 Å². The highest BCUT2D eigenvalue weighted by molar-refractivity contribution is 7.89. The first-order valence-corrected chi connectivity index (χ1v) is 12.8. The Hall–Kier alpha value is -3.69. The summed E-state index contributed by atoms with van der Waals surface area (Å²) in [5.41, 5.74) is 0.847. The molecule has 0 unspecified atom stereocenters. The zero-order chi connectivity index (χ0) is 24.7. The van der Waals surface area contributed by atoms with Crippen LogP contribution >= 0.6 is 0 Å². The van der Waals surface area contributed by atoms with Gasteiger partial charge in [0.25, 0.3) is 0 Å².